The molecule has 90 valence electrons. The molecular formula is C15H20N2. The van der Waals surface area contributed by atoms with Crippen molar-refractivity contribution in [3.8, 4) is 0 Å². The number of hydrogen-bond donors (Lipinski definition) is 0. The predicted octanol–water partition coefficient (Wildman–Crippen LogP) is 4.40. The molecule has 2 nitrogen and oxygen atoms in total. The minimum atomic E-state index is 0.650. The zero-order valence-corrected chi connectivity index (χ0v) is 10.7. The maximum absolute atomic E-state index is 4.54. The zero-order chi connectivity index (χ0) is 12.1. The fourth-order valence-corrected chi connectivity index (χ4v) is 2.28. The Bertz CT molecular complexity index is 432. The highest BCUT2D eigenvalue weighted by Crippen LogP contribution is 2.30. The van der Waals surface area contributed by atoms with Crippen LogP contribution in [0.25, 0.3) is 5.57 Å². The molecule has 0 bridgehead atoms. The van der Waals surface area contributed by atoms with Crippen molar-refractivity contribution in [2.45, 2.75) is 39.5 Å². The van der Waals surface area contributed by atoms with E-state index in [-0.39, 0.29) is 0 Å². The fraction of sp³-hybridized carbons (Fsp3) is 0.467. The molecule has 0 aliphatic carbocycles. The number of allylic oxidation sites excluding steroid dienone is 2. The van der Waals surface area contributed by atoms with Crippen molar-refractivity contribution in [3.05, 3.63) is 30.1 Å². The van der Waals surface area contributed by atoms with E-state index in [9.17, 15) is 0 Å². The Balaban J connectivity index is 2.46. The van der Waals surface area contributed by atoms with E-state index in [4.69, 9.17) is 0 Å². The second-order valence-corrected chi connectivity index (χ2v) is 4.66. The van der Waals surface area contributed by atoms with Gasteiger partial charge in [-0.2, -0.15) is 0 Å². The molecule has 0 aromatic carbocycles. The number of nitrogens with zero attached hydrogens (tertiary/aromatic N) is 2. The van der Waals surface area contributed by atoms with Gasteiger partial charge in [-0.15, -0.1) is 0 Å². The van der Waals surface area contributed by atoms with E-state index in [2.05, 4.69) is 36.0 Å². The molecule has 2 rings (SSSR count). The molecule has 0 spiro atoms. The number of aliphatic imine (C=N–C) groups is 1. The summed E-state index contributed by atoms with van der Waals surface area (Å²) in [4.78, 5) is 8.71. The van der Waals surface area contributed by atoms with E-state index in [1.807, 2.05) is 18.6 Å². The highest BCUT2D eigenvalue weighted by atomic mass is 14.8. The van der Waals surface area contributed by atoms with Gasteiger partial charge in [0.2, 0.25) is 0 Å². The fourth-order valence-electron chi connectivity index (χ4n) is 2.28. The van der Waals surface area contributed by atoms with Crippen molar-refractivity contribution in [2.24, 2.45) is 10.9 Å². The van der Waals surface area contributed by atoms with Crippen molar-refractivity contribution >= 4 is 17.5 Å². The van der Waals surface area contributed by atoms with E-state index in [1.54, 1.807) is 0 Å². The molecule has 1 unspecified atom stereocenters. The summed E-state index contributed by atoms with van der Waals surface area (Å²) in [5.41, 5.74) is 3.65. The summed E-state index contributed by atoms with van der Waals surface area (Å²) in [5.74, 6) is 0.650. The lowest BCUT2D eigenvalue weighted by molar-refractivity contribution is 0.620. The molecule has 1 aliphatic heterocycles. The summed E-state index contributed by atoms with van der Waals surface area (Å²) in [6.45, 7) is 4.51. The average molecular weight is 228 g/mol. The first-order valence-electron chi connectivity index (χ1n) is 6.49. The molecule has 1 aliphatic rings. The minimum Gasteiger partial charge on any atom is -0.262 e. The lowest BCUT2D eigenvalue weighted by Gasteiger charge is -2.13. The van der Waals surface area contributed by atoms with Crippen LogP contribution >= 0.6 is 0 Å². The number of rotatable bonds is 1. The van der Waals surface area contributed by atoms with Crippen molar-refractivity contribution in [1.29, 1.82) is 0 Å². The highest BCUT2D eigenvalue weighted by Gasteiger charge is 2.08. The maximum Gasteiger partial charge on any atom is 0.0883 e. The second-order valence-electron chi connectivity index (χ2n) is 4.66. The van der Waals surface area contributed by atoms with E-state index in [0.717, 1.165) is 18.5 Å². The smallest absolute Gasteiger partial charge is 0.0883 e. The first kappa shape index (κ1) is 12.0. The van der Waals surface area contributed by atoms with Crippen LogP contribution < -0.4 is 0 Å². The summed E-state index contributed by atoms with van der Waals surface area (Å²) in [6, 6.07) is 2.08. The van der Waals surface area contributed by atoms with Crippen molar-refractivity contribution in [3.63, 3.8) is 0 Å². The molecule has 2 heteroatoms. The minimum absolute atomic E-state index is 0.650. The summed E-state index contributed by atoms with van der Waals surface area (Å²) in [5, 5.41) is 0. The van der Waals surface area contributed by atoms with Crippen LogP contribution in [0.4, 0.5) is 5.69 Å². The standard InChI is InChI=1S/C15H20N2/c1-3-13-10-12(2)6-4-5-8-17-15-11-16-9-7-14(13)15/h7-12H,3-6H2,1-2H3/b13-10-,17-8?. The van der Waals surface area contributed by atoms with Gasteiger partial charge < -0.3 is 0 Å². The van der Waals surface area contributed by atoms with Crippen LogP contribution in [-0.4, -0.2) is 11.2 Å². The SMILES string of the molecule is CC/C1=C/C(C)CCCC=Nc2cnccc21. The van der Waals surface area contributed by atoms with Gasteiger partial charge in [0.05, 0.1) is 11.9 Å². The second kappa shape index (κ2) is 5.76. The van der Waals surface area contributed by atoms with Crippen LogP contribution in [0.1, 0.15) is 45.1 Å². The largest absolute Gasteiger partial charge is 0.262 e. The zero-order valence-electron chi connectivity index (χ0n) is 10.7. The molecule has 1 atom stereocenters. The van der Waals surface area contributed by atoms with Crippen LogP contribution in [-0.2, 0) is 0 Å². The van der Waals surface area contributed by atoms with Gasteiger partial charge in [0.15, 0.2) is 0 Å². The lowest BCUT2D eigenvalue weighted by Crippen LogP contribution is -1.96. The molecule has 1 aromatic heterocycles. The Kier molecular flexibility index (Phi) is 4.08. The van der Waals surface area contributed by atoms with E-state index >= 15 is 0 Å². The molecular weight excluding hydrogens is 208 g/mol. The van der Waals surface area contributed by atoms with E-state index in [1.165, 1.54) is 24.0 Å². The molecule has 0 amide bonds. The molecule has 0 fully saturated rings. The van der Waals surface area contributed by atoms with Crippen LogP contribution in [0.3, 0.4) is 0 Å². The van der Waals surface area contributed by atoms with Crippen LogP contribution in [0.5, 0.6) is 0 Å². The Morgan fingerprint density at radius 1 is 1.41 bits per heavy atom. The van der Waals surface area contributed by atoms with Crippen molar-refractivity contribution in [1.82, 2.24) is 4.98 Å². The molecule has 2 heterocycles. The highest BCUT2D eigenvalue weighted by molar-refractivity contribution is 5.77. The first-order valence-corrected chi connectivity index (χ1v) is 6.49. The number of aromatic nitrogens is 1. The normalized spacial score (nSPS) is 23.6. The van der Waals surface area contributed by atoms with E-state index in [0.29, 0.717) is 5.92 Å². The topological polar surface area (TPSA) is 25.2 Å². The average Bonchev–Trinajstić information content (AvgIpc) is 2.36. The Morgan fingerprint density at radius 3 is 3.12 bits per heavy atom. The molecule has 0 radical (unpaired) electrons. The van der Waals surface area contributed by atoms with Crippen LogP contribution in [0.2, 0.25) is 0 Å². The predicted molar refractivity (Wildman–Crippen MR) is 73.7 cm³/mol. The van der Waals surface area contributed by atoms with Gasteiger partial charge in [0.1, 0.15) is 0 Å². The molecule has 0 saturated heterocycles. The van der Waals surface area contributed by atoms with Crippen LogP contribution in [0, 0.1) is 5.92 Å². The van der Waals surface area contributed by atoms with Gasteiger partial charge in [0, 0.05) is 18.0 Å². The third-order valence-corrected chi connectivity index (χ3v) is 3.24. The van der Waals surface area contributed by atoms with Gasteiger partial charge in [-0.25, -0.2) is 0 Å². The summed E-state index contributed by atoms with van der Waals surface area (Å²) >= 11 is 0. The van der Waals surface area contributed by atoms with Gasteiger partial charge in [-0.05, 0) is 43.2 Å². The number of fused-ring (bicyclic) bond motifs is 1. The van der Waals surface area contributed by atoms with Crippen LogP contribution in [0.15, 0.2) is 29.5 Å². The number of hydrogen-bond acceptors (Lipinski definition) is 2. The van der Waals surface area contributed by atoms with Gasteiger partial charge in [0.25, 0.3) is 0 Å². The van der Waals surface area contributed by atoms with Crippen molar-refractivity contribution < 1.29 is 0 Å². The Hall–Kier alpha value is -1.44. The third-order valence-electron chi connectivity index (χ3n) is 3.24. The van der Waals surface area contributed by atoms with Crippen molar-refractivity contribution in [2.75, 3.05) is 0 Å². The lowest BCUT2D eigenvalue weighted by atomic mass is 9.95. The van der Waals surface area contributed by atoms with Gasteiger partial charge in [-0.3, -0.25) is 9.98 Å². The van der Waals surface area contributed by atoms with Gasteiger partial charge >= 0.3 is 0 Å². The van der Waals surface area contributed by atoms with Gasteiger partial charge in [-0.1, -0.05) is 19.9 Å². The summed E-state index contributed by atoms with van der Waals surface area (Å²) in [7, 11) is 0. The number of pyridine rings is 1. The first-order chi connectivity index (χ1) is 8.31. The third kappa shape index (κ3) is 3.02. The Morgan fingerprint density at radius 2 is 2.29 bits per heavy atom. The van der Waals surface area contributed by atoms with E-state index < -0.39 is 0 Å². The molecule has 17 heavy (non-hydrogen) atoms. The maximum atomic E-state index is 4.54. The molecule has 1 aromatic rings. The summed E-state index contributed by atoms with van der Waals surface area (Å²) in [6.07, 6.45) is 12.7. The molecule has 0 saturated carbocycles. The summed E-state index contributed by atoms with van der Waals surface area (Å²) < 4.78 is 0. The Labute approximate surface area is 104 Å². The quantitative estimate of drug-likeness (QED) is 0.699. The molecule has 0 N–H and O–H groups in total. The monoisotopic (exact) mass is 228 g/mol.